The van der Waals surface area contributed by atoms with Gasteiger partial charge in [0.15, 0.2) is 0 Å². The van der Waals surface area contributed by atoms with E-state index in [1.807, 2.05) is 18.2 Å². The van der Waals surface area contributed by atoms with Crippen molar-refractivity contribution in [1.82, 2.24) is 0 Å². The highest BCUT2D eigenvalue weighted by Crippen LogP contribution is 2.26. The molecular weight excluding hydrogens is 253 g/mol. The highest BCUT2D eigenvalue weighted by atomic mass is 35.5. The van der Waals surface area contributed by atoms with Crippen molar-refractivity contribution in [3.63, 3.8) is 0 Å². The third-order valence-electron chi connectivity index (χ3n) is 2.99. The van der Waals surface area contributed by atoms with Gasteiger partial charge in [-0.1, -0.05) is 68.3 Å². The van der Waals surface area contributed by atoms with Crippen LogP contribution in [0.4, 0.5) is 0 Å². The second-order valence-corrected chi connectivity index (χ2v) is 5.30. The standard InChI is InChI=1S/C14H21Cl2N/c1-2-3-4-5-6-7-14(17)11-8-9-12(15)13(16)10-11/h8-10,14H,2-7,17H2,1H3. The maximum absolute atomic E-state index is 6.13. The molecule has 1 rings (SSSR count). The molecule has 0 spiro atoms. The van der Waals surface area contributed by atoms with Crippen LogP contribution in [-0.4, -0.2) is 0 Å². The van der Waals surface area contributed by atoms with Crippen LogP contribution in [-0.2, 0) is 0 Å². The number of hydrogen-bond acceptors (Lipinski definition) is 1. The second kappa shape index (κ2) is 7.97. The summed E-state index contributed by atoms with van der Waals surface area (Å²) in [5.74, 6) is 0. The fraction of sp³-hybridized carbons (Fsp3) is 0.571. The van der Waals surface area contributed by atoms with Crippen LogP contribution in [0, 0.1) is 0 Å². The molecule has 1 unspecified atom stereocenters. The zero-order valence-electron chi connectivity index (χ0n) is 10.4. The first-order valence-electron chi connectivity index (χ1n) is 6.35. The maximum atomic E-state index is 6.13. The maximum Gasteiger partial charge on any atom is 0.0595 e. The van der Waals surface area contributed by atoms with E-state index in [9.17, 15) is 0 Å². The van der Waals surface area contributed by atoms with Gasteiger partial charge in [-0.3, -0.25) is 0 Å². The number of rotatable bonds is 7. The lowest BCUT2D eigenvalue weighted by molar-refractivity contribution is 0.555. The van der Waals surface area contributed by atoms with Gasteiger partial charge in [0.1, 0.15) is 0 Å². The summed E-state index contributed by atoms with van der Waals surface area (Å²) in [4.78, 5) is 0. The van der Waals surface area contributed by atoms with Gasteiger partial charge in [0, 0.05) is 6.04 Å². The molecule has 1 nitrogen and oxygen atoms in total. The highest BCUT2D eigenvalue weighted by molar-refractivity contribution is 6.42. The molecule has 1 aromatic carbocycles. The minimum Gasteiger partial charge on any atom is -0.324 e. The van der Waals surface area contributed by atoms with Crippen LogP contribution >= 0.6 is 23.2 Å². The Morgan fingerprint density at radius 1 is 1.06 bits per heavy atom. The van der Waals surface area contributed by atoms with E-state index in [1.165, 1.54) is 32.1 Å². The Balaban J connectivity index is 2.36. The van der Waals surface area contributed by atoms with Crippen molar-refractivity contribution in [1.29, 1.82) is 0 Å². The molecule has 0 amide bonds. The van der Waals surface area contributed by atoms with E-state index in [4.69, 9.17) is 28.9 Å². The van der Waals surface area contributed by atoms with Gasteiger partial charge in [0.2, 0.25) is 0 Å². The number of unbranched alkanes of at least 4 members (excludes halogenated alkanes) is 4. The van der Waals surface area contributed by atoms with Crippen LogP contribution in [0.2, 0.25) is 10.0 Å². The molecule has 0 heterocycles. The fourth-order valence-electron chi connectivity index (χ4n) is 1.88. The molecule has 0 aliphatic carbocycles. The molecule has 1 aromatic rings. The lowest BCUT2D eigenvalue weighted by Gasteiger charge is -2.12. The minimum absolute atomic E-state index is 0.0754. The first-order valence-corrected chi connectivity index (χ1v) is 7.11. The Bertz CT molecular complexity index is 339. The lowest BCUT2D eigenvalue weighted by atomic mass is 10.0. The smallest absolute Gasteiger partial charge is 0.0595 e. The van der Waals surface area contributed by atoms with Crippen LogP contribution in [0.3, 0.4) is 0 Å². The summed E-state index contributed by atoms with van der Waals surface area (Å²) in [7, 11) is 0. The molecule has 3 heteroatoms. The van der Waals surface area contributed by atoms with Gasteiger partial charge in [-0.05, 0) is 24.1 Å². The normalized spacial score (nSPS) is 12.7. The quantitative estimate of drug-likeness (QED) is 0.666. The second-order valence-electron chi connectivity index (χ2n) is 4.48. The van der Waals surface area contributed by atoms with Crippen molar-refractivity contribution in [3.8, 4) is 0 Å². The van der Waals surface area contributed by atoms with Crippen molar-refractivity contribution in [2.75, 3.05) is 0 Å². The number of nitrogens with two attached hydrogens (primary N) is 1. The summed E-state index contributed by atoms with van der Waals surface area (Å²) in [6.45, 7) is 2.22. The van der Waals surface area contributed by atoms with Crippen LogP contribution in [0.1, 0.15) is 57.1 Å². The van der Waals surface area contributed by atoms with Crippen LogP contribution in [0.25, 0.3) is 0 Å². The van der Waals surface area contributed by atoms with Gasteiger partial charge in [-0.25, -0.2) is 0 Å². The molecule has 0 saturated carbocycles. The molecule has 17 heavy (non-hydrogen) atoms. The average Bonchev–Trinajstić information content (AvgIpc) is 2.32. The van der Waals surface area contributed by atoms with Crippen molar-refractivity contribution < 1.29 is 0 Å². The molecule has 0 aliphatic rings. The molecule has 96 valence electrons. The fourth-order valence-corrected chi connectivity index (χ4v) is 2.18. The van der Waals surface area contributed by atoms with E-state index in [-0.39, 0.29) is 6.04 Å². The zero-order valence-corrected chi connectivity index (χ0v) is 11.9. The summed E-state index contributed by atoms with van der Waals surface area (Å²) >= 11 is 11.8. The molecule has 2 N–H and O–H groups in total. The van der Waals surface area contributed by atoms with Gasteiger partial charge in [0.25, 0.3) is 0 Å². The number of benzene rings is 1. The molecule has 0 aromatic heterocycles. The Kier molecular flexibility index (Phi) is 6.94. The summed E-state index contributed by atoms with van der Waals surface area (Å²) < 4.78 is 0. The first-order chi connectivity index (χ1) is 8.15. The molecule has 0 bridgehead atoms. The predicted molar refractivity (Wildman–Crippen MR) is 76.8 cm³/mol. The summed E-state index contributed by atoms with van der Waals surface area (Å²) in [5.41, 5.74) is 7.21. The first kappa shape index (κ1) is 14.8. The third kappa shape index (κ3) is 5.29. The SMILES string of the molecule is CCCCCCCC(N)c1ccc(Cl)c(Cl)c1. The monoisotopic (exact) mass is 273 g/mol. The van der Waals surface area contributed by atoms with Crippen molar-refractivity contribution in [2.45, 2.75) is 51.5 Å². The van der Waals surface area contributed by atoms with E-state index in [1.54, 1.807) is 0 Å². The largest absolute Gasteiger partial charge is 0.324 e. The molecule has 1 atom stereocenters. The number of hydrogen-bond donors (Lipinski definition) is 1. The summed E-state index contributed by atoms with van der Waals surface area (Å²) in [5, 5.41) is 1.18. The molecular formula is C14H21Cl2N. The Morgan fingerprint density at radius 2 is 1.76 bits per heavy atom. The minimum atomic E-state index is 0.0754. The molecule has 0 fully saturated rings. The van der Waals surface area contributed by atoms with Crippen LogP contribution in [0.15, 0.2) is 18.2 Å². The predicted octanol–water partition coefficient (Wildman–Crippen LogP) is 5.35. The summed E-state index contributed by atoms with van der Waals surface area (Å²) in [6, 6.07) is 5.73. The van der Waals surface area contributed by atoms with E-state index in [0.29, 0.717) is 10.0 Å². The average molecular weight is 274 g/mol. The topological polar surface area (TPSA) is 26.0 Å². The van der Waals surface area contributed by atoms with Gasteiger partial charge in [-0.2, -0.15) is 0 Å². The van der Waals surface area contributed by atoms with E-state index >= 15 is 0 Å². The van der Waals surface area contributed by atoms with Crippen molar-refractivity contribution in [2.24, 2.45) is 5.73 Å². The van der Waals surface area contributed by atoms with Crippen LogP contribution < -0.4 is 5.73 Å². The summed E-state index contributed by atoms with van der Waals surface area (Å²) in [6.07, 6.45) is 7.37. The third-order valence-corrected chi connectivity index (χ3v) is 3.73. The van der Waals surface area contributed by atoms with Crippen LogP contribution in [0.5, 0.6) is 0 Å². The Labute approximate surface area is 114 Å². The van der Waals surface area contributed by atoms with Crippen molar-refractivity contribution >= 4 is 23.2 Å². The molecule has 0 radical (unpaired) electrons. The van der Waals surface area contributed by atoms with Gasteiger partial charge in [0.05, 0.1) is 10.0 Å². The Hall–Kier alpha value is -0.240. The van der Waals surface area contributed by atoms with E-state index < -0.39 is 0 Å². The van der Waals surface area contributed by atoms with Crippen molar-refractivity contribution in [3.05, 3.63) is 33.8 Å². The van der Waals surface area contributed by atoms with Gasteiger partial charge in [-0.15, -0.1) is 0 Å². The Morgan fingerprint density at radius 3 is 2.41 bits per heavy atom. The van der Waals surface area contributed by atoms with E-state index in [0.717, 1.165) is 12.0 Å². The zero-order chi connectivity index (χ0) is 12.7. The van der Waals surface area contributed by atoms with E-state index in [2.05, 4.69) is 6.92 Å². The molecule has 0 saturated heterocycles. The number of halogens is 2. The van der Waals surface area contributed by atoms with Gasteiger partial charge >= 0.3 is 0 Å². The lowest BCUT2D eigenvalue weighted by Crippen LogP contribution is -2.10. The molecule has 0 aliphatic heterocycles. The highest BCUT2D eigenvalue weighted by Gasteiger charge is 2.07. The van der Waals surface area contributed by atoms with Gasteiger partial charge < -0.3 is 5.73 Å².